The topological polar surface area (TPSA) is 518 Å². The Morgan fingerprint density at radius 1 is 0.632 bits per heavy atom. The van der Waals surface area contributed by atoms with E-state index in [1.807, 2.05) is 5.32 Å². The van der Waals surface area contributed by atoms with Gasteiger partial charge in [0.25, 0.3) is 0 Å². The molecule has 32 heteroatoms. The fraction of sp³-hybridized carbons (Fsp3) is 0.600. The Hall–Kier alpha value is -8.62. The van der Waals surface area contributed by atoms with Gasteiger partial charge in [0.1, 0.15) is 60.4 Å². The molecule has 2 aliphatic rings. The van der Waals surface area contributed by atoms with Crippen LogP contribution in [-0.4, -0.2) is 211 Å². The maximum atomic E-state index is 14.8. The zero-order valence-electron chi connectivity index (χ0n) is 49.0. The summed E-state index contributed by atoms with van der Waals surface area (Å²) in [7, 11) is 0. The number of aromatic amines is 1. The number of nitrogens with zero attached hydrogens (tertiary/aromatic N) is 3. The van der Waals surface area contributed by atoms with Crippen LogP contribution in [0, 0.1) is 5.92 Å². The van der Waals surface area contributed by atoms with Crippen molar-refractivity contribution in [3.8, 4) is 0 Å². The normalized spacial score (nSPS) is 18.1. The Bertz CT molecular complexity index is 2720. The molecule has 2 fully saturated rings. The SMILES string of the molecule is CC[C@H](C)[C@H](NC(=O)[C@H](Cc1cnc[nH]1)NC(=O)[C@H](CO)NC(=O)[C@@H]1CCCN1C(=O)[C@H](CCCCN)NC(=O)[C@@H](N)CCC(N)=O)C(=O)N1CCC[C@H]1C(=O)N[C@@H](Cc1ccccc1)C(=O)N[C@@H](CC(N)=O)C(=O)N[C@@H](C)C(=O)N[C@@H](CO)C(=O)O. The molecule has 2 aliphatic heterocycles. The highest BCUT2D eigenvalue weighted by molar-refractivity contribution is 6.00. The number of aliphatic hydroxyl groups excluding tert-OH is 2. The molecular formula is C55H84N16O16. The lowest BCUT2D eigenvalue weighted by Crippen LogP contribution is -2.62. The molecule has 1 aromatic heterocycles. The Morgan fingerprint density at radius 2 is 1.17 bits per heavy atom. The van der Waals surface area contributed by atoms with Crippen LogP contribution in [0.2, 0.25) is 0 Å². The Morgan fingerprint density at radius 3 is 1.72 bits per heavy atom. The van der Waals surface area contributed by atoms with Gasteiger partial charge in [-0.15, -0.1) is 0 Å². The average Bonchev–Trinajstić information content (AvgIpc) is 3.41. The number of hydrogen-bond acceptors (Lipinski definition) is 18. The Kier molecular flexibility index (Phi) is 28.6. The summed E-state index contributed by atoms with van der Waals surface area (Å²) in [6.07, 6.45) is 3.56. The van der Waals surface area contributed by atoms with Crippen molar-refractivity contribution in [2.75, 3.05) is 32.8 Å². The van der Waals surface area contributed by atoms with E-state index in [0.29, 0.717) is 49.9 Å². The number of carbonyl (C=O) groups excluding carboxylic acids is 12. The Balaban J connectivity index is 1.53. The number of H-pyrrole nitrogens is 1. The van der Waals surface area contributed by atoms with Gasteiger partial charge >= 0.3 is 5.97 Å². The van der Waals surface area contributed by atoms with Crippen molar-refractivity contribution in [2.45, 2.75) is 171 Å². The van der Waals surface area contributed by atoms with Gasteiger partial charge in [-0.1, -0.05) is 50.6 Å². The largest absolute Gasteiger partial charge is 0.480 e. The standard InChI is InChI=1S/C55H84N16O16/c1-4-29(2)44(54(85)71-21-11-16-41(71)51(82)66-35(22-31-12-6-5-7-13-31)48(79)65-37(24-43(59)75)47(78)62-30(3)45(76)68-39(27-73)55(86)87)69-49(80)36(23-32-25-60-28-61-32)64-50(81)38(26-72)67-52(83)40-15-10-20-70(40)53(84)34(14-8-9-19-56)63-46(77)33(57)17-18-42(58)74/h5-7,12-13,25,28-30,33-41,44,72-73H,4,8-11,14-24,26-27,56-57H2,1-3H3,(H2,58,74)(H2,59,75)(H,60,61)(H,62,78)(H,63,77)(H,64,81)(H,65,79)(H,66,82)(H,67,83)(H,68,76)(H,69,80)(H,86,87)/t29-,30-,33-,34-,35-,36-,37-,38-,39-,40-,41-,44-/m0/s1. The first-order valence-corrected chi connectivity index (χ1v) is 28.9. The second kappa shape index (κ2) is 35.1. The summed E-state index contributed by atoms with van der Waals surface area (Å²) >= 11 is 0. The van der Waals surface area contributed by atoms with Crippen molar-refractivity contribution in [1.29, 1.82) is 0 Å². The number of benzene rings is 1. The van der Waals surface area contributed by atoms with Gasteiger partial charge in [0, 0.05) is 44.2 Å². The van der Waals surface area contributed by atoms with Gasteiger partial charge in [-0.25, -0.2) is 9.78 Å². The zero-order valence-corrected chi connectivity index (χ0v) is 49.0. The highest BCUT2D eigenvalue weighted by Gasteiger charge is 2.43. The van der Waals surface area contributed by atoms with E-state index >= 15 is 0 Å². The highest BCUT2D eigenvalue weighted by atomic mass is 16.4. The van der Waals surface area contributed by atoms with Gasteiger partial charge in [-0.05, 0) is 76.3 Å². The lowest BCUT2D eigenvalue weighted by atomic mass is 9.96. The number of aliphatic hydroxyl groups is 2. The summed E-state index contributed by atoms with van der Waals surface area (Å²) in [5.41, 5.74) is 23.2. The van der Waals surface area contributed by atoms with Crippen LogP contribution in [0.15, 0.2) is 42.9 Å². The molecule has 0 aliphatic carbocycles. The molecule has 0 saturated carbocycles. The van der Waals surface area contributed by atoms with E-state index in [1.165, 1.54) is 29.2 Å². The second-order valence-electron chi connectivity index (χ2n) is 21.6. The van der Waals surface area contributed by atoms with Gasteiger partial charge < -0.3 is 95.6 Å². The van der Waals surface area contributed by atoms with Crippen molar-refractivity contribution < 1.29 is 77.6 Å². The molecule has 0 spiro atoms. The van der Waals surface area contributed by atoms with Gasteiger partial charge in [0.2, 0.25) is 70.9 Å². The molecule has 1 aromatic carbocycles. The van der Waals surface area contributed by atoms with Gasteiger partial charge in [-0.3, -0.25) is 57.5 Å². The van der Waals surface area contributed by atoms with E-state index in [2.05, 4.69) is 47.2 Å². The van der Waals surface area contributed by atoms with Crippen LogP contribution in [-0.2, 0) is 75.2 Å². The van der Waals surface area contributed by atoms with E-state index in [9.17, 15) is 77.6 Å². The molecule has 2 aromatic rings. The second-order valence-corrected chi connectivity index (χ2v) is 21.6. The van der Waals surface area contributed by atoms with Crippen molar-refractivity contribution in [3.05, 3.63) is 54.1 Å². The molecule has 4 rings (SSSR count). The van der Waals surface area contributed by atoms with Gasteiger partial charge in [0.15, 0.2) is 0 Å². The predicted molar refractivity (Wildman–Crippen MR) is 307 cm³/mol. The molecule has 87 heavy (non-hydrogen) atoms. The molecule has 3 heterocycles. The summed E-state index contributed by atoms with van der Waals surface area (Å²) in [5.74, 6) is -12.5. The summed E-state index contributed by atoms with van der Waals surface area (Å²) in [6.45, 7) is 3.11. The van der Waals surface area contributed by atoms with E-state index in [4.69, 9.17) is 22.9 Å². The number of primary amides is 2. The zero-order chi connectivity index (χ0) is 64.5. The molecule has 20 N–H and O–H groups in total. The number of carbonyl (C=O) groups is 13. The quantitative estimate of drug-likeness (QED) is 0.0282. The summed E-state index contributed by atoms with van der Waals surface area (Å²) in [5, 5.41) is 48.9. The number of unbranched alkanes of at least 4 members (excludes halogenated alkanes) is 1. The molecule has 0 radical (unpaired) electrons. The fourth-order valence-electron chi connectivity index (χ4n) is 9.81. The number of likely N-dealkylation sites (tertiary alicyclic amines) is 2. The lowest BCUT2D eigenvalue weighted by Gasteiger charge is -2.33. The predicted octanol–water partition coefficient (Wildman–Crippen LogP) is -6.21. The first-order chi connectivity index (χ1) is 41.3. The number of nitrogens with one attached hydrogen (secondary N) is 9. The van der Waals surface area contributed by atoms with Crippen LogP contribution in [0.25, 0.3) is 0 Å². The van der Waals surface area contributed by atoms with Crippen LogP contribution in [0.1, 0.15) is 103 Å². The number of aliphatic carboxylic acids is 1. The minimum absolute atomic E-state index is 0.0275. The van der Waals surface area contributed by atoms with Crippen molar-refractivity contribution in [1.82, 2.24) is 62.3 Å². The van der Waals surface area contributed by atoms with Gasteiger partial charge in [-0.2, -0.15) is 0 Å². The number of aromatic nitrogens is 2. The molecule has 0 bridgehead atoms. The molecule has 12 amide bonds. The van der Waals surface area contributed by atoms with E-state index in [0.717, 1.165) is 0 Å². The van der Waals surface area contributed by atoms with Crippen LogP contribution in [0.3, 0.4) is 0 Å². The third-order valence-corrected chi connectivity index (χ3v) is 15.0. The summed E-state index contributed by atoms with van der Waals surface area (Å²) in [4.78, 5) is 183. The first-order valence-electron chi connectivity index (χ1n) is 28.9. The third kappa shape index (κ3) is 21.7. The van der Waals surface area contributed by atoms with Crippen molar-refractivity contribution in [3.63, 3.8) is 0 Å². The van der Waals surface area contributed by atoms with Crippen LogP contribution in [0.5, 0.6) is 0 Å². The number of nitrogens with two attached hydrogens (primary N) is 4. The molecule has 2 saturated heterocycles. The molecule has 32 nitrogen and oxygen atoms in total. The third-order valence-electron chi connectivity index (χ3n) is 15.0. The van der Waals surface area contributed by atoms with E-state index < -0.39 is 169 Å². The van der Waals surface area contributed by atoms with Crippen LogP contribution < -0.4 is 65.5 Å². The molecule has 480 valence electrons. The molecule has 12 atom stereocenters. The number of hydrogen-bond donors (Lipinski definition) is 16. The van der Waals surface area contributed by atoms with E-state index in [-0.39, 0.29) is 58.0 Å². The minimum atomic E-state index is -1.72. The first kappa shape index (κ1) is 70.9. The lowest BCUT2D eigenvalue weighted by molar-refractivity contribution is -0.144. The number of carboxylic acid groups (broad SMARTS) is 1. The maximum absolute atomic E-state index is 14.8. The molecule has 0 unspecified atom stereocenters. The highest BCUT2D eigenvalue weighted by Crippen LogP contribution is 2.24. The van der Waals surface area contributed by atoms with Crippen molar-refractivity contribution in [2.24, 2.45) is 28.9 Å². The summed E-state index contributed by atoms with van der Waals surface area (Å²) in [6, 6.07) is -7.16. The molecular weight excluding hydrogens is 1140 g/mol. The number of carboxylic acids is 1. The smallest absolute Gasteiger partial charge is 0.328 e. The average molecular weight is 1230 g/mol. The monoisotopic (exact) mass is 1220 g/mol. The number of rotatable bonds is 36. The van der Waals surface area contributed by atoms with Crippen LogP contribution >= 0.6 is 0 Å². The minimum Gasteiger partial charge on any atom is -0.480 e. The number of imidazole rings is 1. The fourth-order valence-corrected chi connectivity index (χ4v) is 9.81. The number of amides is 12. The Labute approximate surface area is 501 Å². The summed E-state index contributed by atoms with van der Waals surface area (Å²) < 4.78 is 0. The van der Waals surface area contributed by atoms with Crippen LogP contribution in [0.4, 0.5) is 0 Å². The maximum Gasteiger partial charge on any atom is 0.328 e. The van der Waals surface area contributed by atoms with Gasteiger partial charge in [0.05, 0.1) is 32.0 Å². The van der Waals surface area contributed by atoms with E-state index in [1.54, 1.807) is 44.2 Å². The van der Waals surface area contributed by atoms with Crippen molar-refractivity contribution >= 4 is 76.9 Å².